The number of carbonyl (C=O) groups excluding carboxylic acids is 1. The second-order valence-electron chi connectivity index (χ2n) is 2.63. The van der Waals surface area contributed by atoms with Crippen molar-refractivity contribution < 1.29 is 9.53 Å². The maximum Gasteiger partial charge on any atom is 0.330 e. The van der Waals surface area contributed by atoms with Crippen molar-refractivity contribution in [3.63, 3.8) is 0 Å². The number of aryl methyl sites for hydroxylation is 1. The Morgan fingerprint density at radius 2 is 2.43 bits per heavy atom. The summed E-state index contributed by atoms with van der Waals surface area (Å²) in [6, 6.07) is 2.00. The summed E-state index contributed by atoms with van der Waals surface area (Å²) in [5, 5.41) is 0. The van der Waals surface area contributed by atoms with Crippen LogP contribution in [-0.4, -0.2) is 13.1 Å². The minimum Gasteiger partial charge on any atom is -0.466 e. The molecule has 0 saturated heterocycles. The zero-order chi connectivity index (χ0) is 10.6. The van der Waals surface area contributed by atoms with Crippen LogP contribution < -0.4 is 0 Å². The van der Waals surface area contributed by atoms with Crippen molar-refractivity contribution in [1.29, 1.82) is 0 Å². The molecule has 0 atom stereocenters. The molecule has 14 heavy (non-hydrogen) atoms. The summed E-state index contributed by atoms with van der Waals surface area (Å²) in [7, 11) is 1.37. The van der Waals surface area contributed by atoms with Crippen LogP contribution in [0.1, 0.15) is 16.7 Å². The average Bonchev–Trinajstić information content (AvgIpc) is 2.55. The van der Waals surface area contributed by atoms with Crippen molar-refractivity contribution in [3.8, 4) is 0 Å². The molecule has 1 aromatic heterocycles. The van der Waals surface area contributed by atoms with Gasteiger partial charge >= 0.3 is 5.97 Å². The lowest BCUT2D eigenvalue weighted by molar-refractivity contribution is -0.134. The van der Waals surface area contributed by atoms with Gasteiger partial charge in [0.15, 0.2) is 0 Å². The van der Waals surface area contributed by atoms with Crippen molar-refractivity contribution >= 4 is 39.3 Å². The molecule has 1 aromatic rings. The molecular weight excluding hydrogens is 264 g/mol. The van der Waals surface area contributed by atoms with Crippen LogP contribution in [0.25, 0.3) is 6.08 Å². The average molecular weight is 275 g/mol. The molecule has 0 spiro atoms. The Hall–Kier alpha value is -0.610. The molecule has 0 aliphatic carbocycles. The Morgan fingerprint density at radius 1 is 1.71 bits per heavy atom. The minimum absolute atomic E-state index is 0.326. The molecule has 4 heteroatoms. The van der Waals surface area contributed by atoms with E-state index in [-0.39, 0.29) is 5.97 Å². The molecule has 0 radical (unpaired) electrons. The van der Waals surface area contributed by atoms with Crippen LogP contribution in [0.4, 0.5) is 0 Å². The summed E-state index contributed by atoms with van der Waals surface area (Å²) >= 11 is 5.13. The summed E-state index contributed by atoms with van der Waals surface area (Å²) in [6.45, 7) is 2.10. The maximum absolute atomic E-state index is 10.8. The summed E-state index contributed by atoms with van der Waals surface area (Å²) in [5.41, 5.74) is 0. The Kier molecular flexibility index (Phi) is 4.35. The van der Waals surface area contributed by atoms with Crippen molar-refractivity contribution in [2.45, 2.75) is 13.3 Å². The summed E-state index contributed by atoms with van der Waals surface area (Å²) in [6.07, 6.45) is 4.19. The van der Waals surface area contributed by atoms with Gasteiger partial charge in [-0.3, -0.25) is 0 Å². The number of hydrogen-bond acceptors (Lipinski definition) is 3. The Bertz CT molecular complexity index is 355. The van der Waals surface area contributed by atoms with Crippen molar-refractivity contribution in [3.05, 3.63) is 26.4 Å². The van der Waals surface area contributed by atoms with Crippen molar-refractivity contribution in [2.75, 3.05) is 7.11 Å². The molecule has 0 aliphatic rings. The van der Waals surface area contributed by atoms with Crippen LogP contribution in [0.2, 0.25) is 0 Å². The molecule has 0 aliphatic heterocycles. The second-order valence-corrected chi connectivity index (χ2v) is 4.65. The van der Waals surface area contributed by atoms with E-state index in [1.807, 2.05) is 6.07 Å². The van der Waals surface area contributed by atoms with E-state index in [4.69, 9.17) is 0 Å². The van der Waals surface area contributed by atoms with Gasteiger partial charge in [0.1, 0.15) is 0 Å². The molecule has 0 unspecified atom stereocenters. The zero-order valence-electron chi connectivity index (χ0n) is 8.04. The standard InChI is InChI=1S/C10H11BrO2S/c1-3-9-8(11)6-7(14-9)4-5-10(12)13-2/h4-6H,3H2,1-2H3. The van der Waals surface area contributed by atoms with Gasteiger partial charge < -0.3 is 4.74 Å². The number of halogens is 1. The number of ether oxygens (including phenoxy) is 1. The van der Waals surface area contributed by atoms with E-state index < -0.39 is 0 Å². The highest BCUT2D eigenvalue weighted by molar-refractivity contribution is 9.10. The van der Waals surface area contributed by atoms with Gasteiger partial charge in [-0.2, -0.15) is 0 Å². The first-order valence-electron chi connectivity index (χ1n) is 4.21. The Labute approximate surface area is 95.7 Å². The lowest BCUT2D eigenvalue weighted by Gasteiger charge is -1.88. The van der Waals surface area contributed by atoms with Gasteiger partial charge in [0.25, 0.3) is 0 Å². The predicted octanol–water partition coefficient (Wildman–Crippen LogP) is 3.26. The van der Waals surface area contributed by atoms with E-state index in [0.29, 0.717) is 0 Å². The lowest BCUT2D eigenvalue weighted by Crippen LogP contribution is -1.92. The number of esters is 1. The predicted molar refractivity (Wildman–Crippen MR) is 62.4 cm³/mol. The Morgan fingerprint density at radius 3 is 2.93 bits per heavy atom. The third-order valence-electron chi connectivity index (χ3n) is 1.68. The molecule has 0 fully saturated rings. The third-order valence-corrected chi connectivity index (χ3v) is 3.90. The molecular formula is C10H11BrO2S. The van der Waals surface area contributed by atoms with E-state index in [2.05, 4.69) is 27.6 Å². The van der Waals surface area contributed by atoms with Crippen molar-refractivity contribution in [2.24, 2.45) is 0 Å². The van der Waals surface area contributed by atoms with E-state index in [9.17, 15) is 4.79 Å². The van der Waals surface area contributed by atoms with Gasteiger partial charge in [0, 0.05) is 20.3 Å². The number of methoxy groups -OCH3 is 1. The topological polar surface area (TPSA) is 26.3 Å². The quantitative estimate of drug-likeness (QED) is 0.625. The third kappa shape index (κ3) is 2.96. The van der Waals surface area contributed by atoms with E-state index >= 15 is 0 Å². The van der Waals surface area contributed by atoms with Crippen LogP contribution in [-0.2, 0) is 16.0 Å². The first-order chi connectivity index (χ1) is 6.67. The molecule has 1 rings (SSSR count). The number of carbonyl (C=O) groups is 1. The van der Waals surface area contributed by atoms with E-state index in [1.165, 1.54) is 18.1 Å². The highest BCUT2D eigenvalue weighted by atomic mass is 79.9. The largest absolute Gasteiger partial charge is 0.466 e. The number of hydrogen-bond donors (Lipinski definition) is 0. The van der Waals surface area contributed by atoms with Gasteiger partial charge in [0.2, 0.25) is 0 Å². The molecule has 76 valence electrons. The molecule has 0 bridgehead atoms. The molecule has 0 amide bonds. The SMILES string of the molecule is CCc1sc(C=CC(=O)OC)cc1Br. The Balaban J connectivity index is 2.77. The fourth-order valence-corrected chi connectivity index (χ4v) is 2.79. The van der Waals surface area contributed by atoms with Gasteiger partial charge in [-0.25, -0.2) is 4.79 Å². The summed E-state index contributed by atoms with van der Waals surface area (Å²) in [4.78, 5) is 13.2. The van der Waals surface area contributed by atoms with E-state index in [1.54, 1.807) is 17.4 Å². The van der Waals surface area contributed by atoms with Gasteiger partial charge in [-0.1, -0.05) is 6.92 Å². The molecule has 1 heterocycles. The van der Waals surface area contributed by atoms with Gasteiger partial charge in [-0.05, 0) is 34.5 Å². The fourth-order valence-electron chi connectivity index (χ4n) is 0.967. The summed E-state index contributed by atoms with van der Waals surface area (Å²) in [5.74, 6) is -0.326. The highest BCUT2D eigenvalue weighted by Gasteiger charge is 2.02. The zero-order valence-corrected chi connectivity index (χ0v) is 10.4. The van der Waals surface area contributed by atoms with Gasteiger partial charge in [-0.15, -0.1) is 11.3 Å². The summed E-state index contributed by atoms with van der Waals surface area (Å²) < 4.78 is 5.61. The minimum atomic E-state index is -0.326. The van der Waals surface area contributed by atoms with Crippen LogP contribution in [0.5, 0.6) is 0 Å². The van der Waals surface area contributed by atoms with Crippen LogP contribution in [0.15, 0.2) is 16.6 Å². The molecule has 0 aromatic carbocycles. The van der Waals surface area contributed by atoms with Crippen LogP contribution in [0.3, 0.4) is 0 Å². The first kappa shape index (κ1) is 11.5. The molecule has 2 nitrogen and oxygen atoms in total. The smallest absolute Gasteiger partial charge is 0.330 e. The highest BCUT2D eigenvalue weighted by Crippen LogP contribution is 2.28. The number of thiophene rings is 1. The van der Waals surface area contributed by atoms with Gasteiger partial charge in [0.05, 0.1) is 7.11 Å². The molecule has 0 N–H and O–H groups in total. The number of rotatable bonds is 3. The maximum atomic E-state index is 10.8. The fraction of sp³-hybridized carbons (Fsp3) is 0.300. The van der Waals surface area contributed by atoms with Crippen molar-refractivity contribution in [1.82, 2.24) is 0 Å². The first-order valence-corrected chi connectivity index (χ1v) is 5.82. The van der Waals surface area contributed by atoms with Crippen LogP contribution in [0, 0.1) is 0 Å². The normalized spacial score (nSPS) is 10.8. The monoisotopic (exact) mass is 274 g/mol. The van der Waals surface area contributed by atoms with Crippen LogP contribution >= 0.6 is 27.3 Å². The van der Waals surface area contributed by atoms with E-state index in [0.717, 1.165) is 15.8 Å². The second kappa shape index (κ2) is 5.32. The molecule has 0 saturated carbocycles. The lowest BCUT2D eigenvalue weighted by atomic mass is 10.3.